The molecule has 25 heavy (non-hydrogen) atoms. The van der Waals surface area contributed by atoms with Gasteiger partial charge < -0.3 is 9.84 Å². The number of ether oxygens (including phenoxy) is 1. The van der Waals surface area contributed by atoms with Gasteiger partial charge in [0.25, 0.3) is 0 Å². The van der Waals surface area contributed by atoms with Crippen LogP contribution < -0.4 is 4.74 Å². The zero-order chi connectivity index (χ0) is 18.8. The number of methoxy groups -OCH3 is 1. The molecule has 0 heterocycles. The van der Waals surface area contributed by atoms with Gasteiger partial charge in [0.15, 0.2) is 0 Å². The standard InChI is InChI=1S/C23H32O2/c1-22(2,3)18-13-17(14-20(24)16-11-9-8-10-12-16)21(25-7)19(15-18)23(4,5)6/h8-13,15,20,24H,14H2,1-7H3/t20-/m1/s1. The predicted octanol–water partition coefficient (Wildman–Crippen LogP) is 5.57. The summed E-state index contributed by atoms with van der Waals surface area (Å²) < 4.78 is 5.80. The van der Waals surface area contributed by atoms with Crippen LogP contribution in [0, 0.1) is 0 Å². The van der Waals surface area contributed by atoms with E-state index in [-0.39, 0.29) is 10.8 Å². The van der Waals surface area contributed by atoms with Gasteiger partial charge in [-0.15, -0.1) is 0 Å². The van der Waals surface area contributed by atoms with E-state index in [4.69, 9.17) is 4.74 Å². The Bertz CT molecular complexity index is 703. The van der Waals surface area contributed by atoms with Gasteiger partial charge in [-0.2, -0.15) is 0 Å². The Morgan fingerprint density at radius 1 is 0.920 bits per heavy atom. The summed E-state index contributed by atoms with van der Waals surface area (Å²) in [6.45, 7) is 13.3. The maximum atomic E-state index is 10.7. The zero-order valence-corrected chi connectivity index (χ0v) is 16.7. The monoisotopic (exact) mass is 340 g/mol. The van der Waals surface area contributed by atoms with Crippen molar-refractivity contribution in [2.24, 2.45) is 0 Å². The fourth-order valence-corrected chi connectivity index (χ4v) is 3.07. The van der Waals surface area contributed by atoms with E-state index in [1.165, 1.54) is 11.1 Å². The first kappa shape index (κ1) is 19.5. The topological polar surface area (TPSA) is 29.5 Å². The molecule has 0 saturated carbocycles. The Hall–Kier alpha value is -1.80. The maximum absolute atomic E-state index is 10.7. The first-order chi connectivity index (χ1) is 11.5. The third-order valence-corrected chi connectivity index (χ3v) is 4.64. The lowest BCUT2D eigenvalue weighted by molar-refractivity contribution is 0.177. The second kappa shape index (κ2) is 7.21. The molecule has 0 amide bonds. The van der Waals surface area contributed by atoms with Crippen LogP contribution in [-0.4, -0.2) is 12.2 Å². The molecule has 136 valence electrons. The summed E-state index contributed by atoms with van der Waals surface area (Å²) in [7, 11) is 1.72. The van der Waals surface area contributed by atoms with Crippen LogP contribution >= 0.6 is 0 Å². The highest BCUT2D eigenvalue weighted by Crippen LogP contribution is 2.39. The quantitative estimate of drug-likeness (QED) is 0.789. The molecule has 0 aromatic heterocycles. The molecule has 1 N–H and O–H groups in total. The predicted molar refractivity (Wildman–Crippen MR) is 105 cm³/mol. The van der Waals surface area contributed by atoms with E-state index >= 15 is 0 Å². The van der Waals surface area contributed by atoms with Crippen molar-refractivity contribution >= 4 is 0 Å². The SMILES string of the molecule is COc1c(C[C@@H](O)c2ccccc2)cc(C(C)(C)C)cc1C(C)(C)C. The second-order valence-electron chi connectivity index (χ2n) is 8.85. The van der Waals surface area contributed by atoms with E-state index in [1.807, 2.05) is 30.3 Å². The van der Waals surface area contributed by atoms with Gasteiger partial charge in [0, 0.05) is 12.0 Å². The third kappa shape index (κ3) is 4.64. The van der Waals surface area contributed by atoms with Crippen LogP contribution in [0.5, 0.6) is 5.75 Å². The molecule has 2 heteroatoms. The van der Waals surface area contributed by atoms with Gasteiger partial charge in [-0.25, -0.2) is 0 Å². The normalized spacial score (nSPS) is 13.6. The van der Waals surface area contributed by atoms with E-state index < -0.39 is 6.10 Å². The highest BCUT2D eigenvalue weighted by molar-refractivity contribution is 5.50. The van der Waals surface area contributed by atoms with Crippen molar-refractivity contribution in [3.05, 3.63) is 64.7 Å². The lowest BCUT2D eigenvalue weighted by Crippen LogP contribution is -2.19. The van der Waals surface area contributed by atoms with Gasteiger partial charge in [-0.05, 0) is 27.5 Å². The van der Waals surface area contributed by atoms with E-state index in [2.05, 4.69) is 53.7 Å². The summed E-state index contributed by atoms with van der Waals surface area (Å²) in [6.07, 6.45) is -0.00154. The minimum Gasteiger partial charge on any atom is -0.496 e. The van der Waals surface area contributed by atoms with Crippen molar-refractivity contribution in [2.75, 3.05) is 7.11 Å². The summed E-state index contributed by atoms with van der Waals surface area (Å²) in [6, 6.07) is 14.3. The largest absolute Gasteiger partial charge is 0.496 e. The fourth-order valence-electron chi connectivity index (χ4n) is 3.07. The van der Waals surface area contributed by atoms with Crippen LogP contribution in [0.2, 0.25) is 0 Å². The molecule has 0 radical (unpaired) electrons. The highest BCUT2D eigenvalue weighted by atomic mass is 16.5. The fraction of sp³-hybridized carbons (Fsp3) is 0.478. The lowest BCUT2D eigenvalue weighted by atomic mass is 9.78. The molecule has 2 rings (SSSR count). The van der Waals surface area contributed by atoms with Gasteiger partial charge in [-0.1, -0.05) is 84.0 Å². The number of aliphatic hydroxyl groups excluding tert-OH is 1. The summed E-state index contributed by atoms with van der Waals surface area (Å²) in [5.74, 6) is 0.899. The second-order valence-corrected chi connectivity index (χ2v) is 8.85. The van der Waals surface area contributed by atoms with Crippen molar-refractivity contribution < 1.29 is 9.84 Å². The molecule has 0 aliphatic carbocycles. The van der Waals surface area contributed by atoms with Crippen LogP contribution in [0.1, 0.15) is 69.9 Å². The molecule has 0 fully saturated rings. The Labute approximate surface area is 152 Å². The third-order valence-electron chi connectivity index (χ3n) is 4.64. The average Bonchev–Trinajstić information content (AvgIpc) is 2.53. The maximum Gasteiger partial charge on any atom is 0.125 e. The van der Waals surface area contributed by atoms with Crippen molar-refractivity contribution in [3.8, 4) is 5.75 Å². The minimum atomic E-state index is -0.543. The van der Waals surface area contributed by atoms with Crippen molar-refractivity contribution in [3.63, 3.8) is 0 Å². The van der Waals surface area contributed by atoms with Crippen molar-refractivity contribution in [2.45, 2.75) is 64.9 Å². The van der Waals surface area contributed by atoms with Crippen LogP contribution in [0.25, 0.3) is 0 Å². The molecule has 0 saturated heterocycles. The molecular formula is C23H32O2. The van der Waals surface area contributed by atoms with Gasteiger partial charge in [0.05, 0.1) is 13.2 Å². The van der Waals surface area contributed by atoms with Gasteiger partial charge in [-0.3, -0.25) is 0 Å². The van der Waals surface area contributed by atoms with E-state index in [0.29, 0.717) is 6.42 Å². The molecular weight excluding hydrogens is 308 g/mol. The van der Waals surface area contributed by atoms with Crippen molar-refractivity contribution in [1.82, 2.24) is 0 Å². The van der Waals surface area contributed by atoms with Gasteiger partial charge in [0.1, 0.15) is 5.75 Å². The number of hydrogen-bond donors (Lipinski definition) is 1. The van der Waals surface area contributed by atoms with Crippen molar-refractivity contribution in [1.29, 1.82) is 0 Å². The summed E-state index contributed by atoms with van der Waals surface area (Å²) in [4.78, 5) is 0. The lowest BCUT2D eigenvalue weighted by Gasteiger charge is -2.29. The van der Waals surface area contributed by atoms with E-state index in [0.717, 1.165) is 16.9 Å². The number of aliphatic hydroxyl groups is 1. The highest BCUT2D eigenvalue weighted by Gasteiger charge is 2.26. The summed E-state index contributed by atoms with van der Waals surface area (Å²) in [5, 5.41) is 10.7. The molecule has 2 nitrogen and oxygen atoms in total. The number of benzene rings is 2. The first-order valence-electron chi connectivity index (χ1n) is 8.99. The Kier molecular flexibility index (Phi) is 5.63. The number of rotatable bonds is 4. The Morgan fingerprint density at radius 3 is 2.00 bits per heavy atom. The molecule has 2 aromatic rings. The van der Waals surface area contributed by atoms with Crippen LogP contribution in [0.4, 0.5) is 0 Å². The first-order valence-corrected chi connectivity index (χ1v) is 8.99. The Morgan fingerprint density at radius 2 is 1.52 bits per heavy atom. The number of hydrogen-bond acceptors (Lipinski definition) is 2. The van der Waals surface area contributed by atoms with E-state index in [1.54, 1.807) is 7.11 Å². The summed E-state index contributed by atoms with van der Waals surface area (Å²) in [5.41, 5.74) is 4.48. The molecule has 0 spiro atoms. The average molecular weight is 341 g/mol. The molecule has 1 atom stereocenters. The molecule has 0 aliphatic rings. The molecule has 0 aliphatic heterocycles. The van der Waals surface area contributed by atoms with E-state index in [9.17, 15) is 5.11 Å². The Balaban J connectivity index is 2.55. The molecule has 2 aromatic carbocycles. The zero-order valence-electron chi connectivity index (χ0n) is 16.7. The van der Waals surface area contributed by atoms with Crippen LogP contribution in [0.3, 0.4) is 0 Å². The van der Waals surface area contributed by atoms with Gasteiger partial charge >= 0.3 is 0 Å². The minimum absolute atomic E-state index is 0.0287. The van der Waals surface area contributed by atoms with Crippen LogP contribution in [0.15, 0.2) is 42.5 Å². The summed E-state index contributed by atoms with van der Waals surface area (Å²) >= 11 is 0. The van der Waals surface area contributed by atoms with Gasteiger partial charge in [0.2, 0.25) is 0 Å². The molecule has 0 bridgehead atoms. The smallest absolute Gasteiger partial charge is 0.125 e. The van der Waals surface area contributed by atoms with Crippen LogP contribution in [-0.2, 0) is 17.3 Å². The molecule has 0 unspecified atom stereocenters.